The fourth-order valence-corrected chi connectivity index (χ4v) is 2.42. The minimum Gasteiger partial charge on any atom is -0.271 e. The smallest absolute Gasteiger partial charge is 0.126 e. The van der Waals surface area contributed by atoms with E-state index >= 15 is 0 Å². The van der Waals surface area contributed by atoms with Gasteiger partial charge in [0.25, 0.3) is 0 Å². The number of hydrogen-bond acceptors (Lipinski definition) is 2. The predicted octanol–water partition coefficient (Wildman–Crippen LogP) is 3.20. The van der Waals surface area contributed by atoms with Gasteiger partial charge in [0.15, 0.2) is 0 Å². The molecule has 112 valence electrons. The highest BCUT2D eigenvalue weighted by molar-refractivity contribution is 5.30. The first-order valence-electron chi connectivity index (χ1n) is 6.95. The molecule has 0 bridgehead atoms. The van der Waals surface area contributed by atoms with Crippen molar-refractivity contribution in [3.8, 4) is 0 Å². The van der Waals surface area contributed by atoms with Crippen LogP contribution < -0.4 is 11.3 Å². The highest BCUT2D eigenvalue weighted by atomic mass is 19.1. The van der Waals surface area contributed by atoms with E-state index in [-0.39, 0.29) is 6.04 Å². The van der Waals surface area contributed by atoms with Gasteiger partial charge in [0.05, 0.1) is 0 Å². The van der Waals surface area contributed by atoms with Gasteiger partial charge in [-0.3, -0.25) is 11.3 Å². The van der Waals surface area contributed by atoms with E-state index in [0.29, 0.717) is 18.4 Å². The fraction of sp³-hybridized carbons (Fsp3) is 0.294. The molecular weight excluding hydrogens is 270 g/mol. The van der Waals surface area contributed by atoms with Gasteiger partial charge >= 0.3 is 0 Å². The monoisotopic (exact) mass is 290 g/mol. The summed E-state index contributed by atoms with van der Waals surface area (Å²) in [5.74, 6) is 4.45. The lowest BCUT2D eigenvalue weighted by Crippen LogP contribution is -2.38. The summed E-state index contributed by atoms with van der Waals surface area (Å²) < 4.78 is 26.4. The van der Waals surface area contributed by atoms with Crippen LogP contribution in [0.3, 0.4) is 0 Å². The molecule has 2 aromatic carbocycles. The summed E-state index contributed by atoms with van der Waals surface area (Å²) in [4.78, 5) is 0. The van der Waals surface area contributed by atoms with Crippen molar-refractivity contribution in [3.63, 3.8) is 0 Å². The van der Waals surface area contributed by atoms with Crippen LogP contribution in [0.5, 0.6) is 0 Å². The van der Waals surface area contributed by atoms with E-state index in [0.717, 1.165) is 11.6 Å². The minimum atomic E-state index is -0.563. The van der Waals surface area contributed by atoms with Crippen LogP contribution in [0.1, 0.15) is 22.3 Å². The fourth-order valence-electron chi connectivity index (χ4n) is 2.42. The standard InChI is InChI=1S/C17H20F2N2/c1-11-3-4-13(5-12(11)2)8-17(21-20)9-14-6-15(18)10-16(19)7-14/h3-7,10,17,21H,8-9,20H2,1-2H3. The topological polar surface area (TPSA) is 38.0 Å². The van der Waals surface area contributed by atoms with Crippen molar-refractivity contribution >= 4 is 0 Å². The number of hydrazine groups is 1. The molecular formula is C17H20F2N2. The van der Waals surface area contributed by atoms with Crippen molar-refractivity contribution in [1.29, 1.82) is 0 Å². The van der Waals surface area contributed by atoms with Crippen molar-refractivity contribution in [2.24, 2.45) is 5.84 Å². The van der Waals surface area contributed by atoms with Crippen molar-refractivity contribution in [3.05, 3.63) is 70.3 Å². The van der Waals surface area contributed by atoms with Gasteiger partial charge < -0.3 is 0 Å². The average molecular weight is 290 g/mol. The second kappa shape index (κ2) is 6.78. The van der Waals surface area contributed by atoms with Crippen molar-refractivity contribution in [2.45, 2.75) is 32.7 Å². The van der Waals surface area contributed by atoms with Gasteiger partial charge in [-0.1, -0.05) is 18.2 Å². The highest BCUT2D eigenvalue weighted by Gasteiger charge is 2.11. The van der Waals surface area contributed by atoms with Crippen LogP contribution in [-0.4, -0.2) is 6.04 Å². The van der Waals surface area contributed by atoms with Crippen molar-refractivity contribution in [2.75, 3.05) is 0 Å². The summed E-state index contributed by atoms with van der Waals surface area (Å²) in [6.07, 6.45) is 1.17. The summed E-state index contributed by atoms with van der Waals surface area (Å²) in [6.45, 7) is 4.12. The Hall–Kier alpha value is -1.78. The molecule has 0 spiro atoms. The van der Waals surface area contributed by atoms with Gasteiger partial charge in [0.1, 0.15) is 11.6 Å². The zero-order chi connectivity index (χ0) is 15.4. The number of nitrogens with two attached hydrogens (primary N) is 1. The van der Waals surface area contributed by atoms with Crippen molar-refractivity contribution < 1.29 is 8.78 Å². The second-order valence-corrected chi connectivity index (χ2v) is 5.47. The second-order valence-electron chi connectivity index (χ2n) is 5.47. The molecule has 1 atom stereocenters. The van der Waals surface area contributed by atoms with Gasteiger partial charge in [-0.25, -0.2) is 8.78 Å². The maximum absolute atomic E-state index is 13.2. The third-order valence-corrected chi connectivity index (χ3v) is 3.69. The maximum atomic E-state index is 13.2. The molecule has 0 aliphatic heterocycles. The lowest BCUT2D eigenvalue weighted by atomic mass is 9.97. The number of halogens is 2. The number of rotatable bonds is 5. The van der Waals surface area contributed by atoms with Crippen LogP contribution in [0.2, 0.25) is 0 Å². The third kappa shape index (κ3) is 4.34. The summed E-state index contributed by atoms with van der Waals surface area (Å²) in [7, 11) is 0. The van der Waals surface area contributed by atoms with E-state index < -0.39 is 11.6 Å². The molecule has 0 radical (unpaired) electrons. The molecule has 0 aliphatic rings. The maximum Gasteiger partial charge on any atom is 0.126 e. The molecule has 0 heterocycles. The first-order valence-corrected chi connectivity index (χ1v) is 6.95. The molecule has 0 saturated carbocycles. The molecule has 0 aliphatic carbocycles. The normalized spacial score (nSPS) is 12.4. The first kappa shape index (κ1) is 15.6. The number of hydrogen-bond donors (Lipinski definition) is 2. The molecule has 2 aromatic rings. The number of aryl methyl sites for hydroxylation is 2. The Morgan fingerprint density at radius 2 is 1.52 bits per heavy atom. The Morgan fingerprint density at radius 3 is 2.10 bits per heavy atom. The molecule has 2 nitrogen and oxygen atoms in total. The minimum absolute atomic E-state index is 0.0756. The van der Waals surface area contributed by atoms with Crippen LogP contribution in [0.25, 0.3) is 0 Å². The molecule has 21 heavy (non-hydrogen) atoms. The molecule has 3 N–H and O–H groups in total. The highest BCUT2D eigenvalue weighted by Crippen LogP contribution is 2.15. The Labute approximate surface area is 124 Å². The van der Waals surface area contributed by atoms with Gasteiger partial charge in [0.2, 0.25) is 0 Å². The zero-order valence-electron chi connectivity index (χ0n) is 12.3. The molecule has 1 unspecified atom stereocenters. The van der Waals surface area contributed by atoms with Crippen LogP contribution in [-0.2, 0) is 12.8 Å². The zero-order valence-corrected chi connectivity index (χ0v) is 12.3. The van der Waals surface area contributed by atoms with Crippen LogP contribution in [0.15, 0.2) is 36.4 Å². The average Bonchev–Trinajstić information content (AvgIpc) is 2.41. The van der Waals surface area contributed by atoms with Crippen molar-refractivity contribution in [1.82, 2.24) is 5.43 Å². The summed E-state index contributed by atoms with van der Waals surface area (Å²) in [6, 6.07) is 9.72. The number of benzene rings is 2. The van der Waals surface area contributed by atoms with E-state index in [1.165, 1.54) is 23.3 Å². The van der Waals surface area contributed by atoms with E-state index in [2.05, 4.69) is 37.5 Å². The van der Waals surface area contributed by atoms with E-state index in [9.17, 15) is 8.78 Å². The molecule has 2 rings (SSSR count). The lowest BCUT2D eigenvalue weighted by Gasteiger charge is -2.17. The van der Waals surface area contributed by atoms with E-state index in [4.69, 9.17) is 5.84 Å². The van der Waals surface area contributed by atoms with Crippen LogP contribution >= 0.6 is 0 Å². The summed E-state index contributed by atoms with van der Waals surface area (Å²) in [5, 5.41) is 0. The lowest BCUT2D eigenvalue weighted by molar-refractivity contribution is 0.516. The van der Waals surface area contributed by atoms with E-state index in [1.54, 1.807) is 0 Å². The van der Waals surface area contributed by atoms with E-state index in [1.807, 2.05) is 0 Å². The quantitative estimate of drug-likeness (QED) is 0.655. The number of nitrogens with one attached hydrogen (secondary N) is 1. The Bertz CT molecular complexity index is 606. The molecule has 0 fully saturated rings. The van der Waals surface area contributed by atoms with Gasteiger partial charge in [-0.2, -0.15) is 0 Å². The van der Waals surface area contributed by atoms with Crippen LogP contribution in [0.4, 0.5) is 8.78 Å². The molecule has 0 saturated heterocycles. The summed E-state index contributed by atoms with van der Waals surface area (Å²) in [5.41, 5.74) is 6.94. The van der Waals surface area contributed by atoms with Gasteiger partial charge in [-0.15, -0.1) is 0 Å². The third-order valence-electron chi connectivity index (χ3n) is 3.69. The Balaban J connectivity index is 2.10. The Morgan fingerprint density at radius 1 is 0.905 bits per heavy atom. The predicted molar refractivity (Wildman–Crippen MR) is 80.8 cm³/mol. The largest absolute Gasteiger partial charge is 0.271 e. The SMILES string of the molecule is Cc1ccc(CC(Cc2cc(F)cc(F)c2)NN)cc1C. The molecule has 4 heteroatoms. The van der Waals surface area contributed by atoms with Gasteiger partial charge in [0, 0.05) is 12.1 Å². The Kier molecular flexibility index (Phi) is 5.04. The van der Waals surface area contributed by atoms with Crippen LogP contribution in [0, 0.1) is 25.5 Å². The van der Waals surface area contributed by atoms with Gasteiger partial charge in [-0.05, 0) is 61.1 Å². The molecule has 0 aromatic heterocycles. The molecule has 0 amide bonds. The first-order chi connectivity index (χ1) is 9.97. The summed E-state index contributed by atoms with van der Waals surface area (Å²) >= 11 is 0.